The van der Waals surface area contributed by atoms with Gasteiger partial charge in [0.25, 0.3) is 0 Å². The molecule has 3 rings (SSSR count). The van der Waals surface area contributed by atoms with E-state index in [0.29, 0.717) is 6.54 Å². The van der Waals surface area contributed by atoms with Crippen LogP contribution < -0.4 is 5.32 Å². The first-order valence-electron chi connectivity index (χ1n) is 8.43. The van der Waals surface area contributed by atoms with E-state index in [1.165, 1.54) is 5.56 Å². The lowest BCUT2D eigenvalue weighted by atomic mass is 10.1. The Morgan fingerprint density at radius 3 is 2.38 bits per heavy atom. The van der Waals surface area contributed by atoms with Gasteiger partial charge in [-0.3, -0.25) is 14.6 Å². The molecule has 0 unspecified atom stereocenters. The van der Waals surface area contributed by atoms with Crippen LogP contribution >= 0.6 is 11.3 Å². The van der Waals surface area contributed by atoms with Gasteiger partial charge < -0.3 is 5.32 Å². The number of carbonyl (C=O) groups is 1. The number of hydrogen-bond donors (Lipinski definition) is 1. The van der Waals surface area contributed by atoms with Gasteiger partial charge >= 0.3 is 0 Å². The van der Waals surface area contributed by atoms with E-state index >= 15 is 0 Å². The van der Waals surface area contributed by atoms with Crippen molar-refractivity contribution in [3.63, 3.8) is 0 Å². The second kappa shape index (κ2) is 7.92. The van der Waals surface area contributed by atoms with Crippen LogP contribution in [0, 0.1) is 13.8 Å². The van der Waals surface area contributed by atoms with Gasteiger partial charge in [0.1, 0.15) is 0 Å². The molecule has 0 aliphatic carbocycles. The molecule has 1 N–H and O–H groups in total. The number of thiophene rings is 1. The normalized spacial score (nSPS) is 16.2. The number of hydrogen-bond acceptors (Lipinski definition) is 4. The highest BCUT2D eigenvalue weighted by Gasteiger charge is 2.19. The number of carbonyl (C=O) groups excluding carboxylic acids is 1. The Bertz CT molecular complexity index is 656. The minimum absolute atomic E-state index is 0.0821. The summed E-state index contributed by atoms with van der Waals surface area (Å²) in [4.78, 5) is 17.1. The smallest absolute Gasteiger partial charge is 0.238 e. The Morgan fingerprint density at radius 2 is 1.75 bits per heavy atom. The predicted molar refractivity (Wildman–Crippen MR) is 101 cm³/mol. The third kappa shape index (κ3) is 4.44. The lowest BCUT2D eigenvalue weighted by molar-refractivity contribution is -0.117. The van der Waals surface area contributed by atoms with Gasteiger partial charge in [-0.25, -0.2) is 0 Å². The zero-order chi connectivity index (χ0) is 16.9. The van der Waals surface area contributed by atoms with Crippen molar-refractivity contribution in [3.8, 4) is 0 Å². The fourth-order valence-corrected chi connectivity index (χ4v) is 3.80. The lowest BCUT2D eigenvalue weighted by Crippen LogP contribution is -2.48. The van der Waals surface area contributed by atoms with Crippen LogP contribution in [0.1, 0.15) is 16.7 Å². The van der Waals surface area contributed by atoms with Crippen LogP contribution in [0.5, 0.6) is 0 Å². The van der Waals surface area contributed by atoms with E-state index in [1.54, 1.807) is 11.3 Å². The number of rotatable bonds is 5. The van der Waals surface area contributed by atoms with Gasteiger partial charge in [-0.05, 0) is 47.4 Å². The van der Waals surface area contributed by atoms with E-state index in [-0.39, 0.29) is 5.91 Å². The van der Waals surface area contributed by atoms with Crippen molar-refractivity contribution in [2.24, 2.45) is 0 Å². The molecule has 1 aliphatic rings. The van der Waals surface area contributed by atoms with Crippen molar-refractivity contribution in [2.45, 2.75) is 20.4 Å². The van der Waals surface area contributed by atoms with Crippen LogP contribution in [0.15, 0.2) is 35.0 Å². The number of amides is 1. The number of piperazine rings is 1. The molecule has 24 heavy (non-hydrogen) atoms. The van der Waals surface area contributed by atoms with Gasteiger partial charge in [0, 0.05) is 38.4 Å². The second-order valence-electron chi connectivity index (χ2n) is 6.50. The maximum Gasteiger partial charge on any atom is 0.238 e. The van der Waals surface area contributed by atoms with Crippen molar-refractivity contribution in [3.05, 3.63) is 51.7 Å². The highest BCUT2D eigenvalue weighted by atomic mass is 32.1. The molecular formula is C19H25N3OS. The van der Waals surface area contributed by atoms with Crippen molar-refractivity contribution >= 4 is 22.9 Å². The maximum atomic E-state index is 12.4. The van der Waals surface area contributed by atoms with Gasteiger partial charge in [0.2, 0.25) is 5.91 Å². The van der Waals surface area contributed by atoms with Gasteiger partial charge in [-0.15, -0.1) is 0 Å². The minimum atomic E-state index is 0.0821. The zero-order valence-electron chi connectivity index (χ0n) is 14.4. The molecule has 4 nitrogen and oxygen atoms in total. The summed E-state index contributed by atoms with van der Waals surface area (Å²) in [6, 6.07) is 8.28. The molecule has 0 bridgehead atoms. The summed E-state index contributed by atoms with van der Waals surface area (Å²) in [5, 5.41) is 7.42. The Balaban J connectivity index is 1.46. The predicted octanol–water partition coefficient (Wildman–Crippen LogP) is 3.12. The van der Waals surface area contributed by atoms with E-state index in [2.05, 4.69) is 31.9 Å². The van der Waals surface area contributed by atoms with Crippen molar-refractivity contribution in [2.75, 3.05) is 38.0 Å². The summed E-state index contributed by atoms with van der Waals surface area (Å²) in [5.41, 5.74) is 4.58. The van der Waals surface area contributed by atoms with Crippen molar-refractivity contribution < 1.29 is 4.79 Å². The molecule has 1 aliphatic heterocycles. The zero-order valence-corrected chi connectivity index (χ0v) is 15.2. The van der Waals surface area contributed by atoms with Crippen molar-refractivity contribution in [1.82, 2.24) is 9.80 Å². The summed E-state index contributed by atoms with van der Waals surface area (Å²) in [7, 11) is 0. The summed E-state index contributed by atoms with van der Waals surface area (Å²) >= 11 is 1.75. The van der Waals surface area contributed by atoms with E-state index in [0.717, 1.165) is 49.5 Å². The standard InChI is InChI=1S/C19H25N3OS/c1-15-4-3-5-16(2)19(15)20-18(23)13-22-9-7-21(8-10-22)12-17-6-11-24-14-17/h3-6,11,14H,7-10,12-13H2,1-2H3,(H,20,23). The summed E-state index contributed by atoms with van der Waals surface area (Å²) in [6.45, 7) is 9.50. The van der Waals surface area contributed by atoms with E-state index in [9.17, 15) is 4.79 Å². The molecule has 2 heterocycles. The highest BCUT2D eigenvalue weighted by Crippen LogP contribution is 2.19. The van der Waals surface area contributed by atoms with E-state index < -0.39 is 0 Å². The lowest BCUT2D eigenvalue weighted by Gasteiger charge is -2.34. The third-order valence-electron chi connectivity index (χ3n) is 4.56. The number of nitrogens with one attached hydrogen (secondary N) is 1. The molecule has 5 heteroatoms. The van der Waals surface area contributed by atoms with Gasteiger partial charge in [-0.2, -0.15) is 11.3 Å². The Hall–Kier alpha value is -1.69. The van der Waals surface area contributed by atoms with Crippen molar-refractivity contribution in [1.29, 1.82) is 0 Å². The van der Waals surface area contributed by atoms with Crippen LogP contribution in [-0.4, -0.2) is 48.4 Å². The van der Waals surface area contributed by atoms with Gasteiger partial charge in [0.15, 0.2) is 0 Å². The Kier molecular flexibility index (Phi) is 5.66. The van der Waals surface area contributed by atoms with Crippen LogP contribution in [0.25, 0.3) is 0 Å². The van der Waals surface area contributed by atoms with E-state index in [1.807, 2.05) is 32.0 Å². The number of aryl methyl sites for hydroxylation is 2. The average Bonchev–Trinajstić information content (AvgIpc) is 3.06. The molecule has 1 aromatic carbocycles. The van der Waals surface area contributed by atoms with E-state index in [4.69, 9.17) is 0 Å². The summed E-state index contributed by atoms with van der Waals surface area (Å²) < 4.78 is 0. The van der Waals surface area contributed by atoms with Crippen LogP contribution in [0.2, 0.25) is 0 Å². The van der Waals surface area contributed by atoms with Crippen LogP contribution in [-0.2, 0) is 11.3 Å². The Morgan fingerprint density at radius 1 is 1.08 bits per heavy atom. The third-order valence-corrected chi connectivity index (χ3v) is 5.30. The SMILES string of the molecule is Cc1cccc(C)c1NC(=O)CN1CCN(Cc2ccsc2)CC1. The number of para-hydroxylation sites is 1. The molecule has 0 atom stereocenters. The molecule has 2 aromatic rings. The molecule has 1 amide bonds. The first-order chi connectivity index (χ1) is 11.6. The molecular weight excluding hydrogens is 318 g/mol. The topological polar surface area (TPSA) is 35.6 Å². The van der Waals surface area contributed by atoms with Crippen LogP contribution in [0.4, 0.5) is 5.69 Å². The largest absolute Gasteiger partial charge is 0.324 e. The fraction of sp³-hybridized carbons (Fsp3) is 0.421. The number of anilines is 1. The summed E-state index contributed by atoms with van der Waals surface area (Å²) in [5.74, 6) is 0.0821. The molecule has 0 spiro atoms. The summed E-state index contributed by atoms with van der Waals surface area (Å²) in [6.07, 6.45) is 0. The highest BCUT2D eigenvalue weighted by molar-refractivity contribution is 7.07. The fourth-order valence-electron chi connectivity index (χ4n) is 3.14. The number of nitrogens with zero attached hydrogens (tertiary/aromatic N) is 2. The maximum absolute atomic E-state index is 12.4. The minimum Gasteiger partial charge on any atom is -0.324 e. The second-order valence-corrected chi connectivity index (χ2v) is 7.28. The first-order valence-corrected chi connectivity index (χ1v) is 9.38. The molecule has 1 fully saturated rings. The molecule has 128 valence electrons. The van der Waals surface area contributed by atoms with Gasteiger partial charge in [-0.1, -0.05) is 18.2 Å². The Labute approximate surface area is 148 Å². The average molecular weight is 343 g/mol. The molecule has 0 radical (unpaired) electrons. The van der Waals surface area contributed by atoms with Crippen LogP contribution in [0.3, 0.4) is 0 Å². The van der Waals surface area contributed by atoms with Gasteiger partial charge in [0.05, 0.1) is 6.54 Å². The quantitative estimate of drug-likeness (QED) is 0.906. The first kappa shape index (κ1) is 17.1. The molecule has 1 saturated heterocycles. The monoisotopic (exact) mass is 343 g/mol. The molecule has 1 aromatic heterocycles. The number of benzene rings is 1. The molecule has 0 saturated carbocycles.